The molecule has 0 aliphatic rings. The van der Waals surface area contributed by atoms with Gasteiger partial charge in [0.2, 0.25) is 5.82 Å². The molecule has 166 valence electrons. The van der Waals surface area contributed by atoms with Crippen molar-refractivity contribution < 1.29 is 27.9 Å². The van der Waals surface area contributed by atoms with Gasteiger partial charge in [-0.3, -0.25) is 14.3 Å². The van der Waals surface area contributed by atoms with Crippen LogP contribution in [-0.4, -0.2) is 47.9 Å². The van der Waals surface area contributed by atoms with E-state index in [1.54, 1.807) is 19.2 Å². The Labute approximate surface area is 182 Å². The van der Waals surface area contributed by atoms with E-state index >= 15 is 0 Å². The van der Waals surface area contributed by atoms with Gasteiger partial charge in [-0.2, -0.15) is 18.3 Å². The Morgan fingerprint density at radius 1 is 1.26 bits per heavy atom. The Bertz CT molecular complexity index is 1130. The molecular weight excluding hydrogens is 455 g/mol. The largest absolute Gasteiger partial charge is 0.451 e. The van der Waals surface area contributed by atoms with Crippen molar-refractivity contribution in [2.45, 2.75) is 37.2 Å². The number of aryl methyl sites for hydroxylation is 1. The molecule has 13 heteroatoms. The topological polar surface area (TPSA) is 110 Å². The minimum atomic E-state index is -4.73. The van der Waals surface area contributed by atoms with Crippen molar-refractivity contribution in [1.29, 1.82) is 0 Å². The number of thiophene rings is 1. The molecule has 0 fully saturated rings. The lowest BCUT2D eigenvalue weighted by Gasteiger charge is -2.15. The van der Waals surface area contributed by atoms with Crippen LogP contribution in [0.25, 0.3) is 11.0 Å². The highest BCUT2D eigenvalue weighted by molar-refractivity contribution is 8.00. The van der Waals surface area contributed by atoms with Crippen molar-refractivity contribution in [2.24, 2.45) is 7.05 Å². The van der Waals surface area contributed by atoms with Gasteiger partial charge in [-0.1, -0.05) is 11.8 Å². The highest BCUT2D eigenvalue weighted by atomic mass is 32.2. The van der Waals surface area contributed by atoms with E-state index in [1.165, 1.54) is 24.7 Å². The molecule has 1 amide bonds. The van der Waals surface area contributed by atoms with Crippen molar-refractivity contribution in [1.82, 2.24) is 25.1 Å². The Balaban J connectivity index is 1.71. The fourth-order valence-corrected chi connectivity index (χ4v) is 4.29. The van der Waals surface area contributed by atoms with Gasteiger partial charge in [0.25, 0.3) is 5.91 Å². The number of aliphatic hydroxyl groups is 1. The predicted molar refractivity (Wildman–Crippen MR) is 109 cm³/mol. The van der Waals surface area contributed by atoms with E-state index in [1.807, 2.05) is 0 Å². The second-order valence-electron chi connectivity index (χ2n) is 7.11. The number of thioether (sulfide) groups is 1. The van der Waals surface area contributed by atoms with Gasteiger partial charge in [-0.05, 0) is 26.0 Å². The number of halogens is 3. The number of carbonyl (C=O) groups excluding carboxylic acids is 2. The van der Waals surface area contributed by atoms with Crippen molar-refractivity contribution >= 4 is 45.8 Å². The summed E-state index contributed by atoms with van der Waals surface area (Å²) in [5, 5.41) is 16.4. The molecule has 0 aliphatic heterocycles. The van der Waals surface area contributed by atoms with E-state index < -0.39 is 23.5 Å². The standard InChI is InChI=1S/C18H18F3N5O3S2/c1-17(2,29)16(28)22-6-9-4-5-12(31-9)11(27)8-30-14-10-7-26(3)25-13(10)23-15(24-14)18(19,20)21/h4-5,7,29H,6,8H2,1-3H3,(H,22,28). The Kier molecular flexibility index (Phi) is 6.39. The molecule has 31 heavy (non-hydrogen) atoms. The van der Waals surface area contributed by atoms with Crippen molar-refractivity contribution in [3.05, 3.63) is 33.9 Å². The highest BCUT2D eigenvalue weighted by Crippen LogP contribution is 2.32. The quantitative estimate of drug-likeness (QED) is 0.308. The summed E-state index contributed by atoms with van der Waals surface area (Å²) < 4.78 is 40.6. The first-order valence-electron chi connectivity index (χ1n) is 8.88. The van der Waals surface area contributed by atoms with Crippen LogP contribution < -0.4 is 5.32 Å². The summed E-state index contributed by atoms with van der Waals surface area (Å²) in [7, 11) is 1.55. The van der Waals surface area contributed by atoms with E-state index in [0.29, 0.717) is 15.1 Å². The molecule has 0 atom stereocenters. The third kappa shape index (κ3) is 5.60. The van der Waals surface area contributed by atoms with Crippen LogP contribution in [0.2, 0.25) is 0 Å². The van der Waals surface area contributed by atoms with Crippen LogP contribution in [0.4, 0.5) is 13.2 Å². The molecular formula is C18H18F3N5O3S2. The predicted octanol–water partition coefficient (Wildman–Crippen LogP) is 2.81. The number of carbonyl (C=O) groups is 2. The molecule has 2 N–H and O–H groups in total. The van der Waals surface area contributed by atoms with Gasteiger partial charge in [-0.25, -0.2) is 9.97 Å². The lowest BCUT2D eigenvalue weighted by Crippen LogP contribution is -2.41. The highest BCUT2D eigenvalue weighted by Gasteiger charge is 2.36. The number of fused-ring (bicyclic) bond motifs is 1. The van der Waals surface area contributed by atoms with Gasteiger partial charge in [0.05, 0.1) is 22.6 Å². The summed E-state index contributed by atoms with van der Waals surface area (Å²) in [5.41, 5.74) is -1.61. The molecule has 0 bridgehead atoms. The van der Waals surface area contributed by atoms with Crippen LogP contribution in [0, 0.1) is 0 Å². The lowest BCUT2D eigenvalue weighted by molar-refractivity contribution is -0.145. The maximum Gasteiger partial charge on any atom is 0.451 e. The molecule has 0 aliphatic carbocycles. The van der Waals surface area contributed by atoms with E-state index in [2.05, 4.69) is 20.4 Å². The van der Waals surface area contributed by atoms with Crippen LogP contribution in [0.15, 0.2) is 23.4 Å². The SMILES string of the molecule is Cn1cc2c(SCC(=O)c3ccc(CNC(=O)C(C)(C)O)s3)nc(C(F)(F)F)nc2n1. The molecule has 3 rings (SSSR count). The zero-order valence-corrected chi connectivity index (χ0v) is 18.3. The first kappa shape index (κ1) is 23.2. The van der Waals surface area contributed by atoms with Crippen LogP contribution in [0.1, 0.15) is 34.2 Å². The normalized spacial score (nSPS) is 12.4. The van der Waals surface area contributed by atoms with Gasteiger partial charge in [0, 0.05) is 18.1 Å². The zero-order valence-electron chi connectivity index (χ0n) is 16.6. The van der Waals surface area contributed by atoms with Crippen molar-refractivity contribution in [2.75, 3.05) is 5.75 Å². The van der Waals surface area contributed by atoms with Crippen molar-refractivity contribution in [3.8, 4) is 0 Å². The minimum absolute atomic E-state index is 0.0213. The molecule has 0 unspecified atom stereocenters. The lowest BCUT2D eigenvalue weighted by atomic mass is 10.1. The number of nitrogens with one attached hydrogen (secondary N) is 1. The number of Topliss-reactive ketones (excluding diaryl/α,β-unsaturated/α-hetero) is 1. The molecule has 8 nitrogen and oxygen atoms in total. The Hall–Kier alpha value is -2.51. The van der Waals surface area contributed by atoms with Gasteiger partial charge in [0.1, 0.15) is 10.6 Å². The smallest absolute Gasteiger partial charge is 0.381 e. The monoisotopic (exact) mass is 473 g/mol. The number of hydrogen-bond donors (Lipinski definition) is 2. The van der Waals surface area contributed by atoms with E-state index in [4.69, 9.17) is 0 Å². The summed E-state index contributed by atoms with van der Waals surface area (Å²) in [6.07, 6.45) is -3.24. The second kappa shape index (κ2) is 8.55. The van der Waals surface area contributed by atoms with Crippen LogP contribution in [0.5, 0.6) is 0 Å². The maximum atomic E-state index is 13.1. The first-order chi connectivity index (χ1) is 14.3. The summed E-state index contributed by atoms with van der Waals surface area (Å²) in [6, 6.07) is 3.25. The molecule has 3 aromatic rings. The van der Waals surface area contributed by atoms with Crippen LogP contribution in [0.3, 0.4) is 0 Å². The number of ketones is 1. The van der Waals surface area contributed by atoms with E-state index in [-0.39, 0.29) is 28.8 Å². The summed E-state index contributed by atoms with van der Waals surface area (Å²) in [4.78, 5) is 32.4. The summed E-state index contributed by atoms with van der Waals surface area (Å²) >= 11 is 2.03. The third-order valence-electron chi connectivity index (χ3n) is 3.97. The maximum absolute atomic E-state index is 13.1. The number of nitrogens with zero attached hydrogens (tertiary/aromatic N) is 4. The molecule has 0 saturated carbocycles. The molecule has 3 aromatic heterocycles. The fraction of sp³-hybridized carbons (Fsp3) is 0.389. The number of alkyl halides is 3. The van der Waals surface area contributed by atoms with Gasteiger partial charge < -0.3 is 10.4 Å². The Morgan fingerprint density at radius 3 is 2.61 bits per heavy atom. The summed E-state index contributed by atoms with van der Waals surface area (Å²) in [6.45, 7) is 2.87. The molecule has 0 spiro atoms. The minimum Gasteiger partial charge on any atom is -0.381 e. The summed E-state index contributed by atoms with van der Waals surface area (Å²) in [5.74, 6) is -2.28. The first-order valence-corrected chi connectivity index (χ1v) is 10.7. The fourth-order valence-electron chi connectivity index (χ4n) is 2.44. The average Bonchev–Trinajstić information content (AvgIpc) is 3.27. The van der Waals surface area contributed by atoms with Gasteiger partial charge in [-0.15, -0.1) is 11.3 Å². The third-order valence-corrected chi connectivity index (χ3v) is 6.09. The Morgan fingerprint density at radius 2 is 1.97 bits per heavy atom. The number of hydrogen-bond acceptors (Lipinski definition) is 8. The van der Waals surface area contributed by atoms with Crippen molar-refractivity contribution in [3.63, 3.8) is 0 Å². The molecule has 0 aromatic carbocycles. The van der Waals surface area contributed by atoms with Gasteiger partial charge in [0.15, 0.2) is 11.4 Å². The number of amides is 1. The van der Waals surface area contributed by atoms with Crippen LogP contribution >= 0.6 is 23.1 Å². The number of aromatic nitrogens is 4. The molecule has 0 saturated heterocycles. The second-order valence-corrected chi connectivity index (χ2v) is 9.24. The van der Waals surface area contributed by atoms with Gasteiger partial charge >= 0.3 is 6.18 Å². The van der Waals surface area contributed by atoms with E-state index in [9.17, 15) is 27.9 Å². The molecule has 0 radical (unpaired) electrons. The van der Waals surface area contributed by atoms with Crippen LogP contribution in [-0.2, 0) is 24.6 Å². The average molecular weight is 474 g/mol. The molecule has 3 heterocycles. The zero-order chi connectivity index (χ0) is 23.0. The number of rotatable bonds is 7. The van der Waals surface area contributed by atoms with E-state index in [0.717, 1.165) is 23.1 Å².